The van der Waals surface area contributed by atoms with Crippen LogP contribution in [0.3, 0.4) is 0 Å². The lowest BCUT2D eigenvalue weighted by Gasteiger charge is -2.42. The van der Waals surface area contributed by atoms with Crippen molar-refractivity contribution >= 4 is 35.2 Å². The average Bonchev–Trinajstić information content (AvgIpc) is 2.90. The number of carbonyl (C=O) groups excluding carboxylic acids is 5. The number of Topliss-reactive ketones (excluding diaryl/α,β-unsaturated/α-hetero) is 1. The van der Waals surface area contributed by atoms with E-state index in [0.717, 1.165) is 38.5 Å². The van der Waals surface area contributed by atoms with Crippen molar-refractivity contribution in [2.75, 3.05) is 31.5 Å². The Kier molecular flexibility index (Phi) is 8.22. The second kappa shape index (κ2) is 11.5. The van der Waals surface area contributed by atoms with E-state index in [0.29, 0.717) is 30.8 Å². The van der Waals surface area contributed by atoms with Crippen LogP contribution in [0.5, 0.6) is 0 Å². The van der Waals surface area contributed by atoms with Crippen LogP contribution in [0.2, 0.25) is 0 Å². The van der Waals surface area contributed by atoms with Gasteiger partial charge in [-0.3, -0.25) is 19.2 Å². The first kappa shape index (κ1) is 25.7. The number of urea groups is 1. The lowest BCUT2D eigenvalue weighted by atomic mass is 9.87. The van der Waals surface area contributed by atoms with Crippen LogP contribution in [0.4, 0.5) is 10.5 Å². The van der Waals surface area contributed by atoms with Gasteiger partial charge >= 0.3 is 6.03 Å². The molecule has 194 valence electrons. The van der Waals surface area contributed by atoms with Crippen molar-refractivity contribution in [1.29, 1.82) is 0 Å². The number of nitrogens with zero attached hydrogens (tertiary/aromatic N) is 2. The van der Waals surface area contributed by atoms with E-state index in [1.54, 1.807) is 29.2 Å². The highest BCUT2D eigenvalue weighted by Gasteiger charge is 2.40. The molecular weight excluding hydrogens is 462 g/mol. The SMILES string of the molecule is CC(=O)c1ccc(NC(=O)N2CCN(C(=O)C3CCCCC3)C(C(=O)NC3CCCNC3=O)C2)cc1. The minimum atomic E-state index is -0.867. The van der Waals surface area contributed by atoms with E-state index in [1.807, 2.05) is 0 Å². The van der Waals surface area contributed by atoms with Gasteiger partial charge in [0, 0.05) is 36.8 Å². The first-order valence-corrected chi connectivity index (χ1v) is 12.9. The summed E-state index contributed by atoms with van der Waals surface area (Å²) in [6.07, 6.45) is 6.06. The molecule has 3 fully saturated rings. The third-order valence-electron chi connectivity index (χ3n) is 7.35. The van der Waals surface area contributed by atoms with Crippen LogP contribution >= 0.6 is 0 Å². The minimum Gasteiger partial charge on any atom is -0.354 e. The Labute approximate surface area is 211 Å². The summed E-state index contributed by atoms with van der Waals surface area (Å²) in [6, 6.07) is 4.71. The van der Waals surface area contributed by atoms with Gasteiger partial charge in [-0.05, 0) is 56.9 Å². The number of anilines is 1. The average molecular weight is 498 g/mol. The van der Waals surface area contributed by atoms with Gasteiger partial charge in [-0.25, -0.2) is 4.79 Å². The van der Waals surface area contributed by atoms with Gasteiger partial charge in [0.25, 0.3) is 0 Å². The summed E-state index contributed by atoms with van der Waals surface area (Å²) in [5, 5.41) is 8.39. The zero-order valence-electron chi connectivity index (χ0n) is 20.8. The second-order valence-electron chi connectivity index (χ2n) is 9.89. The van der Waals surface area contributed by atoms with E-state index in [2.05, 4.69) is 16.0 Å². The highest BCUT2D eigenvalue weighted by molar-refractivity contribution is 5.96. The molecule has 1 aromatic carbocycles. The van der Waals surface area contributed by atoms with Crippen molar-refractivity contribution < 1.29 is 24.0 Å². The number of piperazine rings is 1. The molecule has 3 N–H and O–H groups in total. The van der Waals surface area contributed by atoms with Crippen LogP contribution in [0.15, 0.2) is 24.3 Å². The van der Waals surface area contributed by atoms with Gasteiger partial charge in [-0.1, -0.05) is 19.3 Å². The third-order valence-corrected chi connectivity index (χ3v) is 7.35. The molecule has 10 heteroatoms. The predicted molar refractivity (Wildman–Crippen MR) is 133 cm³/mol. The Balaban J connectivity index is 1.46. The topological polar surface area (TPSA) is 128 Å². The Bertz CT molecular complexity index is 1000. The summed E-state index contributed by atoms with van der Waals surface area (Å²) < 4.78 is 0. The van der Waals surface area contributed by atoms with Gasteiger partial charge in [-0.2, -0.15) is 0 Å². The molecular formula is C26H35N5O5. The van der Waals surface area contributed by atoms with Crippen LogP contribution in [-0.2, 0) is 14.4 Å². The standard InChI is InChI=1S/C26H35N5O5/c1-17(32)18-9-11-20(12-10-18)28-26(36)30-14-15-31(25(35)19-6-3-2-4-7-19)22(16-30)24(34)29-21-8-5-13-27-23(21)33/h9-12,19,21-22H,2-8,13-16H2,1H3,(H,27,33)(H,28,36)(H,29,34). The van der Waals surface area contributed by atoms with Crippen molar-refractivity contribution in [1.82, 2.24) is 20.4 Å². The zero-order valence-corrected chi connectivity index (χ0v) is 20.8. The second-order valence-corrected chi connectivity index (χ2v) is 9.89. The number of benzene rings is 1. The quantitative estimate of drug-likeness (QED) is 0.536. The van der Waals surface area contributed by atoms with Crippen LogP contribution in [0, 0.1) is 5.92 Å². The van der Waals surface area contributed by atoms with Crippen LogP contribution in [0.25, 0.3) is 0 Å². The maximum absolute atomic E-state index is 13.4. The van der Waals surface area contributed by atoms with E-state index >= 15 is 0 Å². The van der Waals surface area contributed by atoms with Crippen molar-refractivity contribution in [3.05, 3.63) is 29.8 Å². The molecule has 0 bridgehead atoms. The molecule has 1 aliphatic carbocycles. The van der Waals surface area contributed by atoms with Gasteiger partial charge < -0.3 is 25.8 Å². The number of piperidine rings is 1. The van der Waals surface area contributed by atoms with Gasteiger partial charge in [0.2, 0.25) is 17.7 Å². The monoisotopic (exact) mass is 497 g/mol. The summed E-state index contributed by atoms with van der Waals surface area (Å²) in [5.74, 6) is -0.842. The van der Waals surface area contributed by atoms with E-state index in [4.69, 9.17) is 0 Å². The largest absolute Gasteiger partial charge is 0.354 e. The molecule has 2 aliphatic heterocycles. The Morgan fingerprint density at radius 2 is 1.67 bits per heavy atom. The van der Waals surface area contributed by atoms with E-state index in [-0.39, 0.29) is 42.6 Å². The first-order valence-electron chi connectivity index (χ1n) is 12.9. The van der Waals surface area contributed by atoms with Gasteiger partial charge in [0.1, 0.15) is 12.1 Å². The maximum Gasteiger partial charge on any atom is 0.321 e. The fourth-order valence-electron chi connectivity index (χ4n) is 5.21. The number of ketones is 1. The number of carbonyl (C=O) groups is 5. The number of rotatable bonds is 5. The molecule has 2 heterocycles. The molecule has 3 aliphatic rings. The molecule has 1 saturated carbocycles. The van der Waals surface area contributed by atoms with Crippen molar-refractivity contribution in [3.63, 3.8) is 0 Å². The third kappa shape index (κ3) is 6.03. The van der Waals surface area contributed by atoms with Gasteiger partial charge in [-0.15, -0.1) is 0 Å². The van der Waals surface area contributed by atoms with Crippen LogP contribution in [0.1, 0.15) is 62.2 Å². The fourth-order valence-corrected chi connectivity index (χ4v) is 5.21. The highest BCUT2D eigenvalue weighted by Crippen LogP contribution is 2.27. The fraction of sp³-hybridized carbons (Fsp3) is 0.577. The molecule has 2 atom stereocenters. The van der Waals surface area contributed by atoms with Crippen LogP contribution in [-0.4, -0.2) is 77.6 Å². The molecule has 5 amide bonds. The molecule has 2 saturated heterocycles. The van der Waals surface area contributed by atoms with Crippen molar-refractivity contribution in [2.45, 2.75) is 64.0 Å². The Morgan fingerprint density at radius 1 is 0.944 bits per heavy atom. The molecule has 1 aromatic rings. The van der Waals surface area contributed by atoms with Gasteiger partial charge in [0.15, 0.2) is 5.78 Å². The first-order chi connectivity index (χ1) is 17.3. The highest BCUT2D eigenvalue weighted by atomic mass is 16.2. The number of hydrogen-bond acceptors (Lipinski definition) is 5. The van der Waals surface area contributed by atoms with E-state index < -0.39 is 18.0 Å². The van der Waals surface area contributed by atoms with Crippen molar-refractivity contribution in [3.8, 4) is 0 Å². The minimum absolute atomic E-state index is 0.0377. The lowest BCUT2D eigenvalue weighted by molar-refractivity contribution is -0.147. The molecule has 4 rings (SSSR count). The summed E-state index contributed by atoms with van der Waals surface area (Å²) in [7, 11) is 0. The molecule has 0 radical (unpaired) electrons. The number of nitrogens with one attached hydrogen (secondary N) is 3. The Morgan fingerprint density at radius 3 is 2.33 bits per heavy atom. The predicted octanol–water partition coefficient (Wildman–Crippen LogP) is 1.91. The van der Waals surface area contributed by atoms with E-state index in [9.17, 15) is 24.0 Å². The summed E-state index contributed by atoms with van der Waals surface area (Å²) in [6.45, 7) is 2.65. The lowest BCUT2D eigenvalue weighted by Crippen LogP contribution is -2.64. The normalized spacial score (nSPS) is 23.0. The Hall–Kier alpha value is -3.43. The zero-order chi connectivity index (χ0) is 25.7. The molecule has 0 spiro atoms. The number of amides is 5. The van der Waals surface area contributed by atoms with Crippen LogP contribution < -0.4 is 16.0 Å². The molecule has 36 heavy (non-hydrogen) atoms. The maximum atomic E-state index is 13.4. The molecule has 2 unspecified atom stereocenters. The molecule has 0 aromatic heterocycles. The summed E-state index contributed by atoms with van der Waals surface area (Å²) in [5.41, 5.74) is 1.08. The van der Waals surface area contributed by atoms with E-state index in [1.165, 1.54) is 11.8 Å². The smallest absolute Gasteiger partial charge is 0.321 e. The number of hydrogen-bond donors (Lipinski definition) is 3. The van der Waals surface area contributed by atoms with Gasteiger partial charge in [0.05, 0.1) is 6.54 Å². The summed E-state index contributed by atoms with van der Waals surface area (Å²) >= 11 is 0. The van der Waals surface area contributed by atoms with Crippen molar-refractivity contribution in [2.24, 2.45) is 5.92 Å². The summed E-state index contributed by atoms with van der Waals surface area (Å²) in [4.78, 5) is 66.6. The molecule has 10 nitrogen and oxygen atoms in total.